The molecule has 26 heavy (non-hydrogen) atoms. The van der Waals surface area contributed by atoms with Gasteiger partial charge in [-0.3, -0.25) is 9.59 Å². The summed E-state index contributed by atoms with van der Waals surface area (Å²) in [7, 11) is 1.58. The van der Waals surface area contributed by atoms with Crippen molar-refractivity contribution in [3.63, 3.8) is 0 Å². The van der Waals surface area contributed by atoms with Crippen LogP contribution in [0.3, 0.4) is 0 Å². The van der Waals surface area contributed by atoms with E-state index in [1.807, 2.05) is 30.3 Å². The highest BCUT2D eigenvalue weighted by molar-refractivity contribution is 5.86. The van der Waals surface area contributed by atoms with Gasteiger partial charge in [-0.2, -0.15) is 0 Å². The summed E-state index contributed by atoms with van der Waals surface area (Å²) in [4.78, 5) is 23.9. The molecule has 1 aliphatic rings. The van der Waals surface area contributed by atoms with Crippen molar-refractivity contribution in [2.45, 2.75) is 26.4 Å². The number of fused-ring (bicyclic) bond motifs is 1. The summed E-state index contributed by atoms with van der Waals surface area (Å²) in [5.41, 5.74) is 3.21. The fourth-order valence-electron chi connectivity index (χ4n) is 3.36. The van der Waals surface area contributed by atoms with E-state index < -0.39 is 0 Å². The average molecular weight is 354 g/mol. The summed E-state index contributed by atoms with van der Waals surface area (Å²) in [6, 6.07) is 11.5. The zero-order chi connectivity index (χ0) is 18.5. The number of carbonyl (C=O) groups excluding carboxylic acids is 2. The van der Waals surface area contributed by atoms with Gasteiger partial charge in [-0.05, 0) is 36.5 Å². The van der Waals surface area contributed by atoms with Crippen molar-refractivity contribution in [1.29, 1.82) is 0 Å². The van der Waals surface area contributed by atoms with Crippen LogP contribution in [0.4, 0.5) is 0 Å². The number of hydrogen-bond donors (Lipinski definition) is 0. The van der Waals surface area contributed by atoms with Gasteiger partial charge in [0.05, 0.1) is 25.2 Å². The van der Waals surface area contributed by atoms with Gasteiger partial charge in [-0.25, -0.2) is 0 Å². The van der Waals surface area contributed by atoms with Crippen LogP contribution in [-0.4, -0.2) is 26.0 Å². The van der Waals surface area contributed by atoms with Crippen LogP contribution in [0, 0.1) is 5.92 Å². The fraction of sp³-hybridized carbons (Fsp3) is 0.333. The Morgan fingerprint density at radius 2 is 1.88 bits per heavy atom. The lowest BCUT2D eigenvalue weighted by Crippen LogP contribution is -2.18. The Balaban J connectivity index is 1.90. The maximum Gasteiger partial charge on any atom is 0.309 e. The topological polar surface area (TPSA) is 61.8 Å². The van der Waals surface area contributed by atoms with E-state index in [-0.39, 0.29) is 11.9 Å². The Kier molecular flexibility index (Phi) is 5.56. The number of benzene rings is 2. The summed E-state index contributed by atoms with van der Waals surface area (Å²) in [6.45, 7) is 2.48. The maximum atomic E-state index is 12.1. The Labute approximate surface area is 152 Å². The Morgan fingerprint density at radius 3 is 2.54 bits per heavy atom. The lowest BCUT2D eigenvalue weighted by Gasteiger charge is -2.15. The largest absolute Gasteiger partial charge is 0.496 e. The molecule has 0 aromatic heterocycles. The van der Waals surface area contributed by atoms with Gasteiger partial charge in [0.2, 0.25) is 0 Å². The number of esters is 1. The minimum Gasteiger partial charge on any atom is -0.496 e. The van der Waals surface area contributed by atoms with E-state index in [0.717, 1.165) is 23.0 Å². The first-order valence-electron chi connectivity index (χ1n) is 8.69. The number of aldehydes is 1. The zero-order valence-corrected chi connectivity index (χ0v) is 15.0. The van der Waals surface area contributed by atoms with Gasteiger partial charge < -0.3 is 14.2 Å². The van der Waals surface area contributed by atoms with Crippen LogP contribution < -0.4 is 9.47 Å². The summed E-state index contributed by atoms with van der Waals surface area (Å²) in [5.74, 6) is 0.584. The molecule has 0 aliphatic heterocycles. The quantitative estimate of drug-likeness (QED) is 0.564. The molecule has 0 spiro atoms. The van der Waals surface area contributed by atoms with Gasteiger partial charge in [-0.1, -0.05) is 30.3 Å². The minimum absolute atomic E-state index is 0.241. The highest BCUT2D eigenvalue weighted by Crippen LogP contribution is 2.41. The second-order valence-electron chi connectivity index (χ2n) is 6.20. The Morgan fingerprint density at radius 1 is 1.15 bits per heavy atom. The molecule has 136 valence electrons. The lowest BCUT2D eigenvalue weighted by molar-refractivity contribution is -0.147. The Bertz CT molecular complexity index is 798. The second kappa shape index (κ2) is 8.04. The molecule has 2 aromatic carbocycles. The first-order valence-corrected chi connectivity index (χ1v) is 8.69. The van der Waals surface area contributed by atoms with Crippen molar-refractivity contribution >= 4 is 12.3 Å². The third kappa shape index (κ3) is 3.57. The number of rotatable bonds is 7. The maximum absolute atomic E-state index is 12.1. The first-order chi connectivity index (χ1) is 12.7. The molecular formula is C21H22O5. The van der Waals surface area contributed by atoms with Gasteiger partial charge in [-0.15, -0.1) is 0 Å². The van der Waals surface area contributed by atoms with Crippen LogP contribution >= 0.6 is 0 Å². The molecule has 5 nitrogen and oxygen atoms in total. The van der Waals surface area contributed by atoms with Gasteiger partial charge in [0.1, 0.15) is 18.1 Å². The number of carbonyl (C=O) groups is 2. The van der Waals surface area contributed by atoms with Gasteiger partial charge in [0, 0.05) is 6.07 Å². The molecule has 0 bridgehead atoms. The van der Waals surface area contributed by atoms with Crippen molar-refractivity contribution < 1.29 is 23.8 Å². The van der Waals surface area contributed by atoms with Crippen LogP contribution in [0.1, 0.15) is 34.0 Å². The molecule has 1 aliphatic carbocycles. The van der Waals surface area contributed by atoms with Crippen LogP contribution in [0.2, 0.25) is 0 Å². The zero-order valence-electron chi connectivity index (χ0n) is 15.0. The molecule has 0 N–H and O–H groups in total. The van der Waals surface area contributed by atoms with E-state index in [0.29, 0.717) is 43.1 Å². The Hall–Kier alpha value is -2.82. The molecule has 0 fully saturated rings. The van der Waals surface area contributed by atoms with E-state index >= 15 is 0 Å². The van der Waals surface area contributed by atoms with Crippen molar-refractivity contribution in [2.24, 2.45) is 5.92 Å². The summed E-state index contributed by atoms with van der Waals surface area (Å²) >= 11 is 0. The monoisotopic (exact) mass is 354 g/mol. The van der Waals surface area contributed by atoms with E-state index in [4.69, 9.17) is 14.2 Å². The molecule has 3 rings (SSSR count). The molecule has 0 saturated heterocycles. The number of hydrogen-bond acceptors (Lipinski definition) is 5. The SMILES string of the molecule is CCOC(=O)C1Cc2c(OC)cc(OCc3ccccc3)c(C=O)c2C1. The standard InChI is InChI=1S/C21H22O5/c1-3-25-21(23)15-9-16-17(10-15)19(24-2)11-20(18(16)12-22)26-13-14-7-5-4-6-8-14/h4-8,11-12,15H,3,9-10,13H2,1-2H3. The minimum atomic E-state index is -0.290. The van der Waals surface area contributed by atoms with Crippen molar-refractivity contribution in [3.05, 3.63) is 58.7 Å². The van der Waals surface area contributed by atoms with E-state index in [9.17, 15) is 9.59 Å². The molecule has 0 radical (unpaired) electrons. The summed E-state index contributed by atoms with van der Waals surface area (Å²) in [6.07, 6.45) is 1.77. The molecular weight excluding hydrogens is 332 g/mol. The van der Waals surface area contributed by atoms with E-state index in [2.05, 4.69) is 0 Å². The van der Waals surface area contributed by atoms with Crippen LogP contribution in [0.5, 0.6) is 11.5 Å². The second-order valence-corrected chi connectivity index (χ2v) is 6.20. The molecule has 0 amide bonds. The lowest BCUT2D eigenvalue weighted by atomic mass is 10.0. The molecule has 5 heteroatoms. The van der Waals surface area contributed by atoms with E-state index in [1.165, 1.54) is 0 Å². The summed E-state index contributed by atoms with van der Waals surface area (Å²) < 4.78 is 16.5. The van der Waals surface area contributed by atoms with Crippen LogP contribution in [0.15, 0.2) is 36.4 Å². The first kappa shape index (κ1) is 18.0. The van der Waals surface area contributed by atoms with Gasteiger partial charge >= 0.3 is 5.97 Å². The van der Waals surface area contributed by atoms with Crippen molar-refractivity contribution in [3.8, 4) is 11.5 Å². The molecule has 2 aromatic rings. The molecule has 0 saturated carbocycles. The van der Waals surface area contributed by atoms with Crippen LogP contribution in [0.25, 0.3) is 0 Å². The predicted octanol–water partition coefficient (Wildman–Crippen LogP) is 3.36. The predicted molar refractivity (Wildman–Crippen MR) is 96.7 cm³/mol. The number of methoxy groups -OCH3 is 1. The normalized spacial score (nSPS) is 15.2. The third-order valence-electron chi connectivity index (χ3n) is 4.61. The highest BCUT2D eigenvalue weighted by Gasteiger charge is 2.34. The van der Waals surface area contributed by atoms with Crippen molar-refractivity contribution in [1.82, 2.24) is 0 Å². The third-order valence-corrected chi connectivity index (χ3v) is 4.61. The molecule has 1 unspecified atom stereocenters. The molecule has 0 heterocycles. The van der Waals surface area contributed by atoms with Crippen molar-refractivity contribution in [2.75, 3.05) is 13.7 Å². The number of ether oxygens (including phenoxy) is 3. The van der Waals surface area contributed by atoms with Gasteiger partial charge in [0.25, 0.3) is 0 Å². The van der Waals surface area contributed by atoms with Crippen LogP contribution in [-0.2, 0) is 29.0 Å². The van der Waals surface area contributed by atoms with E-state index in [1.54, 1.807) is 20.1 Å². The smallest absolute Gasteiger partial charge is 0.309 e. The average Bonchev–Trinajstić information content (AvgIpc) is 3.11. The molecule has 1 atom stereocenters. The van der Waals surface area contributed by atoms with Gasteiger partial charge in [0.15, 0.2) is 6.29 Å². The summed E-state index contributed by atoms with van der Waals surface area (Å²) in [5, 5.41) is 0. The highest BCUT2D eigenvalue weighted by atomic mass is 16.5. The fourth-order valence-corrected chi connectivity index (χ4v) is 3.36.